The van der Waals surface area contributed by atoms with E-state index < -0.39 is 0 Å². The number of hydrogen-bond donors (Lipinski definition) is 0. The van der Waals surface area contributed by atoms with Gasteiger partial charge in [0.05, 0.1) is 5.56 Å². The molecule has 1 saturated carbocycles. The van der Waals surface area contributed by atoms with Crippen LogP contribution in [0, 0.1) is 17.8 Å². The Kier molecular flexibility index (Phi) is 9.40. The monoisotopic (exact) mass is 412 g/mol. The summed E-state index contributed by atoms with van der Waals surface area (Å²) in [6, 6.07) is 7.25. The lowest BCUT2D eigenvalue weighted by Gasteiger charge is -2.25. The average molecular weight is 413 g/mol. The van der Waals surface area contributed by atoms with Crippen LogP contribution in [0.25, 0.3) is 0 Å². The van der Waals surface area contributed by atoms with Gasteiger partial charge >= 0.3 is 5.97 Å². The van der Waals surface area contributed by atoms with E-state index in [2.05, 4.69) is 11.8 Å². The van der Waals surface area contributed by atoms with E-state index in [-0.39, 0.29) is 24.3 Å². The van der Waals surface area contributed by atoms with Crippen LogP contribution in [0.15, 0.2) is 24.3 Å². The topological polar surface area (TPSA) is 61.8 Å². The standard InChI is InChI=1S/C25H32O5/c26-19-21-11-15-23(16-12-21)30-25(27)22-13-9-20(10-14-22)7-3-1-2-5-17-28-24-8-4-6-18-29-24/h9-10,13-14,19,21,23-24H,1-2,4-6,8,11-12,15-18H2. The van der Waals surface area contributed by atoms with Crippen molar-refractivity contribution in [3.05, 3.63) is 35.4 Å². The second kappa shape index (κ2) is 12.5. The number of ether oxygens (including phenoxy) is 3. The molecule has 0 radical (unpaired) electrons. The highest BCUT2D eigenvalue weighted by Gasteiger charge is 2.24. The maximum atomic E-state index is 12.3. The third kappa shape index (κ3) is 7.59. The number of rotatable bonds is 8. The van der Waals surface area contributed by atoms with Crippen LogP contribution in [-0.4, -0.2) is 37.9 Å². The molecule has 1 aliphatic carbocycles. The highest BCUT2D eigenvalue weighted by Crippen LogP contribution is 2.25. The van der Waals surface area contributed by atoms with E-state index in [4.69, 9.17) is 14.2 Å². The molecular weight excluding hydrogens is 380 g/mol. The van der Waals surface area contributed by atoms with Crippen LogP contribution in [-0.2, 0) is 19.0 Å². The molecule has 1 atom stereocenters. The Labute approximate surface area is 179 Å². The predicted molar refractivity (Wildman–Crippen MR) is 114 cm³/mol. The fraction of sp³-hybridized carbons (Fsp3) is 0.600. The van der Waals surface area contributed by atoms with Crippen molar-refractivity contribution in [3.8, 4) is 11.8 Å². The minimum atomic E-state index is -0.300. The molecule has 162 valence electrons. The van der Waals surface area contributed by atoms with E-state index in [0.717, 1.165) is 82.9 Å². The second-order valence-corrected chi connectivity index (χ2v) is 8.08. The first-order valence-electron chi connectivity index (χ1n) is 11.2. The minimum absolute atomic E-state index is 0.0126. The Bertz CT molecular complexity index is 716. The number of hydrogen-bond acceptors (Lipinski definition) is 5. The maximum Gasteiger partial charge on any atom is 0.338 e. The lowest BCUT2D eigenvalue weighted by molar-refractivity contribution is -0.162. The second-order valence-electron chi connectivity index (χ2n) is 8.08. The predicted octanol–water partition coefficient (Wildman–Crippen LogP) is 4.67. The summed E-state index contributed by atoms with van der Waals surface area (Å²) in [4.78, 5) is 23.1. The molecule has 1 unspecified atom stereocenters. The molecule has 1 saturated heterocycles. The Hall–Kier alpha value is -2.16. The number of unbranched alkanes of at least 4 members (excludes halogenated alkanes) is 2. The van der Waals surface area contributed by atoms with Crippen LogP contribution in [0.3, 0.4) is 0 Å². The highest BCUT2D eigenvalue weighted by atomic mass is 16.7. The van der Waals surface area contributed by atoms with Gasteiger partial charge in [0.15, 0.2) is 6.29 Å². The largest absolute Gasteiger partial charge is 0.459 e. The average Bonchev–Trinajstić information content (AvgIpc) is 2.80. The van der Waals surface area contributed by atoms with Crippen molar-refractivity contribution >= 4 is 12.3 Å². The zero-order valence-electron chi connectivity index (χ0n) is 17.6. The zero-order chi connectivity index (χ0) is 21.0. The van der Waals surface area contributed by atoms with Crippen molar-refractivity contribution in [2.45, 2.75) is 76.6 Å². The van der Waals surface area contributed by atoms with Gasteiger partial charge in [0.1, 0.15) is 12.4 Å². The molecule has 30 heavy (non-hydrogen) atoms. The third-order valence-corrected chi connectivity index (χ3v) is 5.68. The Morgan fingerprint density at radius 3 is 2.57 bits per heavy atom. The molecule has 5 nitrogen and oxygen atoms in total. The quantitative estimate of drug-likeness (QED) is 0.269. The maximum absolute atomic E-state index is 12.3. The molecule has 2 aliphatic rings. The van der Waals surface area contributed by atoms with E-state index in [1.54, 1.807) is 12.1 Å². The van der Waals surface area contributed by atoms with Crippen LogP contribution in [0.5, 0.6) is 0 Å². The summed E-state index contributed by atoms with van der Waals surface area (Å²) in [5.74, 6) is 6.15. The Balaban J connectivity index is 1.32. The van der Waals surface area contributed by atoms with Gasteiger partial charge in [0, 0.05) is 31.1 Å². The number of carbonyl (C=O) groups is 2. The van der Waals surface area contributed by atoms with Crippen molar-refractivity contribution in [1.82, 2.24) is 0 Å². The molecular formula is C25H32O5. The van der Waals surface area contributed by atoms with E-state index in [1.807, 2.05) is 12.1 Å². The van der Waals surface area contributed by atoms with Crippen molar-refractivity contribution in [3.63, 3.8) is 0 Å². The number of esters is 1. The summed E-state index contributed by atoms with van der Waals surface area (Å²) in [5, 5.41) is 0. The number of carbonyl (C=O) groups excluding carboxylic acids is 2. The van der Waals surface area contributed by atoms with Gasteiger partial charge in [-0.2, -0.15) is 0 Å². The SMILES string of the molecule is O=CC1CCC(OC(=O)c2ccc(C#CCCCCOC3CCCCO3)cc2)CC1. The van der Waals surface area contributed by atoms with Crippen LogP contribution in [0.2, 0.25) is 0 Å². The van der Waals surface area contributed by atoms with Crippen LogP contribution in [0.1, 0.15) is 80.1 Å². The first-order valence-corrected chi connectivity index (χ1v) is 11.2. The molecule has 1 aromatic rings. The normalized spacial score (nSPS) is 23.8. The summed E-state index contributed by atoms with van der Waals surface area (Å²) in [5.41, 5.74) is 1.44. The van der Waals surface area contributed by atoms with Gasteiger partial charge in [0.25, 0.3) is 0 Å². The first-order chi connectivity index (χ1) is 14.7. The zero-order valence-corrected chi connectivity index (χ0v) is 17.6. The molecule has 1 aromatic carbocycles. The molecule has 5 heteroatoms. The molecule has 2 fully saturated rings. The fourth-order valence-electron chi connectivity index (χ4n) is 3.79. The van der Waals surface area contributed by atoms with E-state index >= 15 is 0 Å². The molecule has 0 amide bonds. The molecule has 0 bridgehead atoms. The van der Waals surface area contributed by atoms with Crippen molar-refractivity contribution in [1.29, 1.82) is 0 Å². The molecule has 1 aliphatic heterocycles. The summed E-state index contributed by atoms with van der Waals surface area (Å²) < 4.78 is 16.8. The van der Waals surface area contributed by atoms with Crippen molar-refractivity contribution in [2.24, 2.45) is 5.92 Å². The molecule has 0 aromatic heterocycles. The lowest BCUT2D eigenvalue weighted by atomic mass is 9.88. The lowest BCUT2D eigenvalue weighted by Crippen LogP contribution is -2.25. The Morgan fingerprint density at radius 2 is 1.87 bits per heavy atom. The van der Waals surface area contributed by atoms with Gasteiger partial charge < -0.3 is 19.0 Å². The first kappa shape index (κ1) is 22.5. The number of aldehydes is 1. The number of benzene rings is 1. The van der Waals surface area contributed by atoms with Crippen molar-refractivity contribution in [2.75, 3.05) is 13.2 Å². The molecule has 0 N–H and O–H groups in total. The van der Waals surface area contributed by atoms with Gasteiger partial charge in [0.2, 0.25) is 0 Å². The fourth-order valence-corrected chi connectivity index (χ4v) is 3.79. The summed E-state index contributed by atoms with van der Waals surface area (Å²) in [6.07, 6.45) is 10.2. The third-order valence-electron chi connectivity index (χ3n) is 5.68. The van der Waals surface area contributed by atoms with E-state index in [0.29, 0.717) is 5.56 Å². The molecule has 1 heterocycles. The van der Waals surface area contributed by atoms with Gasteiger partial charge in [-0.1, -0.05) is 11.8 Å². The highest BCUT2D eigenvalue weighted by molar-refractivity contribution is 5.89. The van der Waals surface area contributed by atoms with Crippen LogP contribution < -0.4 is 0 Å². The van der Waals surface area contributed by atoms with Gasteiger partial charge in [-0.3, -0.25) is 0 Å². The molecule has 3 rings (SSSR count). The van der Waals surface area contributed by atoms with E-state index in [9.17, 15) is 9.59 Å². The van der Waals surface area contributed by atoms with Gasteiger partial charge in [-0.15, -0.1) is 0 Å². The Morgan fingerprint density at radius 1 is 1.07 bits per heavy atom. The van der Waals surface area contributed by atoms with Crippen LogP contribution in [0.4, 0.5) is 0 Å². The van der Waals surface area contributed by atoms with Crippen molar-refractivity contribution < 1.29 is 23.8 Å². The van der Waals surface area contributed by atoms with E-state index in [1.165, 1.54) is 6.42 Å². The van der Waals surface area contributed by atoms with Gasteiger partial charge in [-0.05, 0) is 82.1 Å². The summed E-state index contributed by atoms with van der Waals surface area (Å²) in [6.45, 7) is 1.54. The molecule has 0 spiro atoms. The van der Waals surface area contributed by atoms with Gasteiger partial charge in [-0.25, -0.2) is 4.79 Å². The summed E-state index contributed by atoms with van der Waals surface area (Å²) >= 11 is 0. The minimum Gasteiger partial charge on any atom is -0.459 e. The smallest absolute Gasteiger partial charge is 0.338 e. The van der Waals surface area contributed by atoms with Crippen LogP contribution >= 0.6 is 0 Å². The summed E-state index contributed by atoms with van der Waals surface area (Å²) in [7, 11) is 0.